The minimum Gasteiger partial charge on any atom is -0.492 e. The van der Waals surface area contributed by atoms with E-state index in [0.29, 0.717) is 12.5 Å². The van der Waals surface area contributed by atoms with Gasteiger partial charge in [-0.25, -0.2) is 0 Å². The van der Waals surface area contributed by atoms with Gasteiger partial charge >= 0.3 is 0 Å². The molecule has 0 atom stereocenters. The van der Waals surface area contributed by atoms with Gasteiger partial charge in [0, 0.05) is 24.7 Å². The van der Waals surface area contributed by atoms with Crippen molar-refractivity contribution in [2.24, 2.45) is 0 Å². The SMILES string of the molecule is Cc1cccc(OCCN(C)Cc2cc(C3CC3)n[nH]2)c1C. The monoisotopic (exact) mass is 299 g/mol. The first-order chi connectivity index (χ1) is 10.6. The normalized spacial score (nSPS) is 14.5. The van der Waals surface area contributed by atoms with Crippen LogP contribution in [0.3, 0.4) is 0 Å². The van der Waals surface area contributed by atoms with Crippen LogP contribution < -0.4 is 4.74 Å². The molecule has 22 heavy (non-hydrogen) atoms. The van der Waals surface area contributed by atoms with Gasteiger partial charge in [0.2, 0.25) is 0 Å². The van der Waals surface area contributed by atoms with Gasteiger partial charge in [-0.3, -0.25) is 10.00 Å². The molecule has 1 saturated carbocycles. The van der Waals surface area contributed by atoms with Crippen molar-refractivity contribution in [3.8, 4) is 5.75 Å². The first-order valence-corrected chi connectivity index (χ1v) is 8.05. The quantitative estimate of drug-likeness (QED) is 0.852. The number of nitrogens with one attached hydrogen (secondary N) is 1. The third-order valence-electron chi connectivity index (χ3n) is 4.37. The van der Waals surface area contributed by atoms with E-state index >= 15 is 0 Å². The van der Waals surface area contributed by atoms with Crippen LogP contribution in [0.25, 0.3) is 0 Å². The molecule has 1 aliphatic rings. The number of aromatic amines is 1. The van der Waals surface area contributed by atoms with E-state index in [0.717, 1.165) is 18.8 Å². The lowest BCUT2D eigenvalue weighted by Gasteiger charge is -2.17. The molecular weight excluding hydrogens is 274 g/mol. The van der Waals surface area contributed by atoms with Crippen molar-refractivity contribution >= 4 is 0 Å². The largest absolute Gasteiger partial charge is 0.492 e. The second-order valence-corrected chi connectivity index (χ2v) is 6.38. The second kappa shape index (κ2) is 6.53. The number of aryl methyl sites for hydroxylation is 1. The Morgan fingerprint density at radius 1 is 1.32 bits per heavy atom. The number of hydrogen-bond donors (Lipinski definition) is 1. The summed E-state index contributed by atoms with van der Waals surface area (Å²) in [7, 11) is 2.12. The summed E-state index contributed by atoms with van der Waals surface area (Å²) >= 11 is 0. The molecule has 4 nitrogen and oxygen atoms in total. The topological polar surface area (TPSA) is 41.1 Å². The zero-order valence-corrected chi connectivity index (χ0v) is 13.7. The lowest BCUT2D eigenvalue weighted by Crippen LogP contribution is -2.24. The van der Waals surface area contributed by atoms with Gasteiger partial charge in [-0.05, 0) is 57.0 Å². The molecule has 0 bridgehead atoms. The van der Waals surface area contributed by atoms with E-state index in [1.165, 1.54) is 35.4 Å². The van der Waals surface area contributed by atoms with Crippen LogP contribution in [0.2, 0.25) is 0 Å². The molecule has 1 N–H and O–H groups in total. The number of H-pyrrole nitrogens is 1. The Morgan fingerprint density at radius 3 is 2.91 bits per heavy atom. The van der Waals surface area contributed by atoms with E-state index in [1.54, 1.807) is 0 Å². The molecule has 1 fully saturated rings. The third-order valence-corrected chi connectivity index (χ3v) is 4.37. The average Bonchev–Trinajstić information content (AvgIpc) is 3.24. The minimum absolute atomic E-state index is 0.699. The van der Waals surface area contributed by atoms with Crippen molar-refractivity contribution in [2.45, 2.75) is 39.2 Å². The summed E-state index contributed by atoms with van der Waals surface area (Å²) < 4.78 is 5.91. The van der Waals surface area contributed by atoms with Crippen LogP contribution >= 0.6 is 0 Å². The lowest BCUT2D eigenvalue weighted by molar-refractivity contribution is 0.230. The molecule has 2 aromatic rings. The maximum absolute atomic E-state index is 5.91. The second-order valence-electron chi connectivity index (χ2n) is 6.38. The van der Waals surface area contributed by atoms with Crippen LogP contribution in [0.4, 0.5) is 0 Å². The highest BCUT2D eigenvalue weighted by Gasteiger charge is 2.26. The zero-order valence-electron chi connectivity index (χ0n) is 13.7. The van der Waals surface area contributed by atoms with E-state index in [-0.39, 0.29) is 0 Å². The minimum atomic E-state index is 0.699. The highest BCUT2D eigenvalue weighted by Crippen LogP contribution is 2.39. The van der Waals surface area contributed by atoms with Crippen molar-refractivity contribution in [2.75, 3.05) is 20.2 Å². The molecule has 1 heterocycles. The van der Waals surface area contributed by atoms with Gasteiger partial charge in [0.15, 0.2) is 0 Å². The summed E-state index contributed by atoms with van der Waals surface area (Å²) in [5, 5.41) is 7.55. The fourth-order valence-electron chi connectivity index (χ4n) is 2.61. The van der Waals surface area contributed by atoms with Crippen LogP contribution in [0.1, 0.15) is 41.3 Å². The number of aromatic nitrogens is 2. The summed E-state index contributed by atoms with van der Waals surface area (Å²) in [4.78, 5) is 2.26. The number of ether oxygens (including phenoxy) is 1. The average molecular weight is 299 g/mol. The fourth-order valence-corrected chi connectivity index (χ4v) is 2.61. The first-order valence-electron chi connectivity index (χ1n) is 8.05. The van der Waals surface area contributed by atoms with Crippen LogP contribution in [0, 0.1) is 13.8 Å². The van der Waals surface area contributed by atoms with E-state index in [1.807, 2.05) is 12.1 Å². The van der Waals surface area contributed by atoms with E-state index in [4.69, 9.17) is 4.74 Å². The molecule has 0 radical (unpaired) electrons. The Balaban J connectivity index is 1.45. The number of benzene rings is 1. The number of hydrogen-bond acceptors (Lipinski definition) is 3. The Labute approximate surface area is 132 Å². The van der Waals surface area contributed by atoms with Crippen LogP contribution in [0.15, 0.2) is 24.3 Å². The molecular formula is C18H25N3O. The van der Waals surface area contributed by atoms with Gasteiger partial charge in [0.05, 0.1) is 5.69 Å². The Bertz CT molecular complexity index is 631. The van der Waals surface area contributed by atoms with E-state index in [9.17, 15) is 0 Å². The van der Waals surface area contributed by atoms with Gasteiger partial charge in [-0.15, -0.1) is 0 Å². The zero-order chi connectivity index (χ0) is 15.5. The van der Waals surface area contributed by atoms with Gasteiger partial charge in [0.1, 0.15) is 12.4 Å². The fraction of sp³-hybridized carbons (Fsp3) is 0.500. The van der Waals surface area contributed by atoms with Crippen molar-refractivity contribution in [3.63, 3.8) is 0 Å². The van der Waals surface area contributed by atoms with Crippen molar-refractivity contribution in [1.82, 2.24) is 15.1 Å². The molecule has 0 saturated heterocycles. The Hall–Kier alpha value is -1.81. The summed E-state index contributed by atoms with van der Waals surface area (Å²) in [6, 6.07) is 8.41. The van der Waals surface area contributed by atoms with Gasteiger partial charge < -0.3 is 4.74 Å². The molecule has 118 valence electrons. The predicted molar refractivity (Wildman–Crippen MR) is 88.3 cm³/mol. The molecule has 0 spiro atoms. The molecule has 3 rings (SSSR count). The van der Waals surface area contributed by atoms with Crippen LogP contribution in [0.5, 0.6) is 5.75 Å². The maximum Gasteiger partial charge on any atom is 0.122 e. The smallest absolute Gasteiger partial charge is 0.122 e. The Kier molecular flexibility index (Phi) is 4.48. The maximum atomic E-state index is 5.91. The summed E-state index contributed by atoms with van der Waals surface area (Å²) in [6.45, 7) is 6.70. The Morgan fingerprint density at radius 2 is 2.14 bits per heavy atom. The highest BCUT2D eigenvalue weighted by molar-refractivity contribution is 5.38. The lowest BCUT2D eigenvalue weighted by atomic mass is 10.1. The molecule has 0 aliphatic heterocycles. The van der Waals surface area contributed by atoms with E-state index in [2.05, 4.69) is 48.1 Å². The third kappa shape index (κ3) is 3.69. The summed E-state index contributed by atoms with van der Waals surface area (Å²) in [5.74, 6) is 1.70. The molecule has 1 aromatic carbocycles. The molecule has 0 unspecified atom stereocenters. The summed E-state index contributed by atoms with van der Waals surface area (Å²) in [5.41, 5.74) is 4.93. The van der Waals surface area contributed by atoms with Crippen molar-refractivity contribution < 1.29 is 4.74 Å². The van der Waals surface area contributed by atoms with Gasteiger partial charge in [0.25, 0.3) is 0 Å². The van der Waals surface area contributed by atoms with Gasteiger partial charge in [-0.2, -0.15) is 5.10 Å². The highest BCUT2D eigenvalue weighted by atomic mass is 16.5. The van der Waals surface area contributed by atoms with Crippen molar-refractivity contribution in [1.29, 1.82) is 0 Å². The number of rotatable bonds is 7. The molecule has 0 amide bonds. The van der Waals surface area contributed by atoms with Crippen LogP contribution in [-0.4, -0.2) is 35.3 Å². The predicted octanol–water partition coefficient (Wildman–Crippen LogP) is 3.41. The molecule has 1 aliphatic carbocycles. The van der Waals surface area contributed by atoms with E-state index < -0.39 is 0 Å². The van der Waals surface area contributed by atoms with Gasteiger partial charge in [-0.1, -0.05) is 12.1 Å². The summed E-state index contributed by atoms with van der Waals surface area (Å²) in [6.07, 6.45) is 2.59. The molecule has 1 aromatic heterocycles. The van der Waals surface area contributed by atoms with Crippen LogP contribution in [-0.2, 0) is 6.54 Å². The van der Waals surface area contributed by atoms with Crippen molar-refractivity contribution in [3.05, 3.63) is 46.8 Å². The standard InChI is InChI=1S/C18H25N3O/c1-13-5-4-6-18(14(13)2)22-10-9-21(3)12-16-11-17(20-19-16)15-7-8-15/h4-6,11,15H,7-10,12H2,1-3H3,(H,19,20). The number of likely N-dealkylation sites (N-methyl/N-ethyl adjacent to an activating group) is 1. The number of nitrogens with zero attached hydrogens (tertiary/aromatic N) is 2. The first kappa shape index (κ1) is 15.1. The molecule has 4 heteroatoms.